The zero-order valence-corrected chi connectivity index (χ0v) is 15.2. The predicted octanol–water partition coefficient (Wildman–Crippen LogP) is 1.21. The van der Waals surface area contributed by atoms with Crippen LogP contribution in [0.25, 0.3) is 0 Å². The Morgan fingerprint density at radius 1 is 1.32 bits per heavy atom. The molecule has 2 saturated heterocycles. The van der Waals surface area contributed by atoms with Gasteiger partial charge in [0.05, 0.1) is 13.2 Å². The van der Waals surface area contributed by atoms with Crippen LogP contribution in [0.15, 0.2) is 12.3 Å². The van der Waals surface area contributed by atoms with Gasteiger partial charge in [0.25, 0.3) is 0 Å². The van der Waals surface area contributed by atoms with E-state index >= 15 is 0 Å². The van der Waals surface area contributed by atoms with Gasteiger partial charge in [-0.3, -0.25) is 4.90 Å². The van der Waals surface area contributed by atoms with Crippen molar-refractivity contribution in [3.63, 3.8) is 0 Å². The Morgan fingerprint density at radius 2 is 2.16 bits per heavy atom. The normalized spacial score (nSPS) is 25.1. The van der Waals surface area contributed by atoms with Crippen molar-refractivity contribution in [1.82, 2.24) is 14.9 Å². The number of anilines is 2. The second-order valence-corrected chi connectivity index (χ2v) is 6.85. The average Bonchev–Trinajstić information content (AvgIpc) is 2.67. The maximum absolute atomic E-state index is 9.29. The Balaban J connectivity index is 1.69. The number of hydrogen-bond donors (Lipinski definition) is 2. The molecule has 0 aromatic carbocycles. The van der Waals surface area contributed by atoms with Crippen LogP contribution in [0.1, 0.15) is 26.2 Å². The molecular weight excluding hydrogens is 318 g/mol. The molecule has 140 valence electrons. The minimum atomic E-state index is 0.263. The molecule has 0 unspecified atom stereocenters. The van der Waals surface area contributed by atoms with E-state index in [1.165, 1.54) is 0 Å². The molecule has 1 aromatic rings. The zero-order chi connectivity index (χ0) is 17.5. The summed E-state index contributed by atoms with van der Waals surface area (Å²) in [6, 6.07) is 2.49. The number of ether oxygens (including phenoxy) is 1. The monoisotopic (exact) mass is 349 g/mol. The molecule has 2 atom stereocenters. The molecule has 0 aliphatic carbocycles. The number of aliphatic hydroxyl groups excluding tert-OH is 1. The second-order valence-electron chi connectivity index (χ2n) is 6.85. The number of piperidine rings is 1. The lowest BCUT2D eigenvalue weighted by Crippen LogP contribution is -2.54. The zero-order valence-electron chi connectivity index (χ0n) is 15.2. The van der Waals surface area contributed by atoms with Crippen molar-refractivity contribution in [3.05, 3.63) is 12.3 Å². The fraction of sp³-hybridized carbons (Fsp3) is 0.778. The van der Waals surface area contributed by atoms with E-state index in [1.807, 2.05) is 12.3 Å². The predicted molar refractivity (Wildman–Crippen MR) is 99.0 cm³/mol. The van der Waals surface area contributed by atoms with Crippen molar-refractivity contribution in [2.45, 2.75) is 32.2 Å². The van der Waals surface area contributed by atoms with Crippen molar-refractivity contribution in [3.8, 4) is 0 Å². The van der Waals surface area contributed by atoms with Crippen LogP contribution in [0.3, 0.4) is 0 Å². The molecule has 0 amide bonds. The summed E-state index contributed by atoms with van der Waals surface area (Å²) < 4.78 is 5.51. The minimum absolute atomic E-state index is 0.263. The molecule has 0 radical (unpaired) electrons. The molecule has 2 aliphatic rings. The lowest BCUT2D eigenvalue weighted by atomic mass is 9.87. The van der Waals surface area contributed by atoms with Crippen molar-refractivity contribution >= 4 is 11.8 Å². The van der Waals surface area contributed by atoms with Crippen LogP contribution in [0, 0.1) is 5.92 Å². The van der Waals surface area contributed by atoms with Crippen LogP contribution in [-0.2, 0) is 4.74 Å². The summed E-state index contributed by atoms with van der Waals surface area (Å²) in [4.78, 5) is 14.0. The van der Waals surface area contributed by atoms with Gasteiger partial charge in [-0.05, 0) is 38.2 Å². The third-order valence-corrected chi connectivity index (χ3v) is 5.23. The summed E-state index contributed by atoms with van der Waals surface area (Å²) in [5.41, 5.74) is 0. The molecular formula is C18H31N5O2. The standard InChI is InChI=1S/C18H31N5O2/c1-2-19-17-5-7-20-18(21-17)23-8-6-16(15(14-23)4-3-11-24)22-9-12-25-13-10-22/h5,7,15-16,24H,2-4,6,8-14H2,1H3,(H,19,20,21)/t15-,16+/m1/s1. The molecule has 7 heteroatoms. The molecule has 0 saturated carbocycles. The Labute approximate surface area is 150 Å². The van der Waals surface area contributed by atoms with Crippen molar-refractivity contribution in [2.24, 2.45) is 5.92 Å². The summed E-state index contributed by atoms with van der Waals surface area (Å²) >= 11 is 0. The van der Waals surface area contributed by atoms with E-state index in [1.54, 1.807) is 0 Å². The summed E-state index contributed by atoms with van der Waals surface area (Å²) in [5, 5.41) is 12.6. The van der Waals surface area contributed by atoms with E-state index in [0.717, 1.165) is 77.0 Å². The van der Waals surface area contributed by atoms with E-state index in [2.05, 4.69) is 32.0 Å². The topological polar surface area (TPSA) is 73.8 Å². The Hall–Kier alpha value is -1.44. The van der Waals surface area contributed by atoms with Crippen LogP contribution in [0.4, 0.5) is 11.8 Å². The molecule has 2 fully saturated rings. The van der Waals surface area contributed by atoms with Gasteiger partial charge in [-0.25, -0.2) is 4.98 Å². The van der Waals surface area contributed by atoms with Gasteiger partial charge in [0.1, 0.15) is 5.82 Å². The van der Waals surface area contributed by atoms with Crippen molar-refractivity contribution in [1.29, 1.82) is 0 Å². The highest BCUT2D eigenvalue weighted by Crippen LogP contribution is 2.28. The summed E-state index contributed by atoms with van der Waals surface area (Å²) in [6.45, 7) is 8.83. The lowest BCUT2D eigenvalue weighted by molar-refractivity contribution is -0.00420. The van der Waals surface area contributed by atoms with Crippen molar-refractivity contribution in [2.75, 3.05) is 62.8 Å². The van der Waals surface area contributed by atoms with Crippen molar-refractivity contribution < 1.29 is 9.84 Å². The van der Waals surface area contributed by atoms with E-state index in [4.69, 9.17) is 4.74 Å². The number of hydrogen-bond acceptors (Lipinski definition) is 7. The Kier molecular flexibility index (Phi) is 6.84. The van der Waals surface area contributed by atoms with Gasteiger partial charge in [-0.2, -0.15) is 4.98 Å². The number of nitrogens with one attached hydrogen (secondary N) is 1. The molecule has 0 spiro atoms. The second kappa shape index (κ2) is 9.31. The summed E-state index contributed by atoms with van der Waals surface area (Å²) in [7, 11) is 0. The molecule has 7 nitrogen and oxygen atoms in total. The Bertz CT molecular complexity index is 524. The number of aromatic nitrogens is 2. The quantitative estimate of drug-likeness (QED) is 0.766. The van der Waals surface area contributed by atoms with Gasteiger partial charge >= 0.3 is 0 Å². The lowest BCUT2D eigenvalue weighted by Gasteiger charge is -2.45. The third-order valence-electron chi connectivity index (χ3n) is 5.23. The van der Waals surface area contributed by atoms with Gasteiger partial charge in [0, 0.05) is 51.6 Å². The van der Waals surface area contributed by atoms with Crippen LogP contribution in [-0.4, -0.2) is 78.6 Å². The first-order valence-corrected chi connectivity index (χ1v) is 9.56. The van der Waals surface area contributed by atoms with E-state index in [0.29, 0.717) is 12.0 Å². The molecule has 3 heterocycles. The number of nitrogens with zero attached hydrogens (tertiary/aromatic N) is 4. The van der Waals surface area contributed by atoms with Crippen LogP contribution >= 0.6 is 0 Å². The Morgan fingerprint density at radius 3 is 2.92 bits per heavy atom. The van der Waals surface area contributed by atoms with Crippen LogP contribution < -0.4 is 10.2 Å². The van der Waals surface area contributed by atoms with Gasteiger partial charge in [0.2, 0.25) is 5.95 Å². The van der Waals surface area contributed by atoms with Gasteiger partial charge in [0.15, 0.2) is 0 Å². The fourth-order valence-electron chi connectivity index (χ4n) is 4.01. The third kappa shape index (κ3) is 4.80. The number of aliphatic hydroxyl groups is 1. The van der Waals surface area contributed by atoms with E-state index in [9.17, 15) is 5.11 Å². The highest BCUT2D eigenvalue weighted by molar-refractivity contribution is 5.41. The van der Waals surface area contributed by atoms with E-state index in [-0.39, 0.29) is 6.61 Å². The van der Waals surface area contributed by atoms with Crippen LogP contribution in [0.2, 0.25) is 0 Å². The maximum Gasteiger partial charge on any atom is 0.227 e. The molecule has 0 bridgehead atoms. The highest BCUT2D eigenvalue weighted by atomic mass is 16.5. The maximum atomic E-state index is 9.29. The highest BCUT2D eigenvalue weighted by Gasteiger charge is 2.34. The molecule has 3 rings (SSSR count). The number of rotatable bonds is 7. The largest absolute Gasteiger partial charge is 0.396 e. The van der Waals surface area contributed by atoms with Gasteiger partial charge < -0.3 is 20.1 Å². The molecule has 1 aromatic heterocycles. The first kappa shape index (κ1) is 18.4. The van der Waals surface area contributed by atoms with E-state index < -0.39 is 0 Å². The molecule has 25 heavy (non-hydrogen) atoms. The SMILES string of the molecule is CCNc1ccnc(N2CC[C@H](N3CCOCC3)[C@H](CCCO)C2)n1. The summed E-state index contributed by atoms with van der Waals surface area (Å²) in [5.74, 6) is 2.23. The first-order valence-electron chi connectivity index (χ1n) is 9.56. The first-order chi connectivity index (χ1) is 12.3. The van der Waals surface area contributed by atoms with Gasteiger partial charge in [-0.1, -0.05) is 0 Å². The smallest absolute Gasteiger partial charge is 0.227 e. The molecule has 2 aliphatic heterocycles. The summed E-state index contributed by atoms with van der Waals surface area (Å²) in [6.07, 6.45) is 4.85. The van der Waals surface area contributed by atoms with Crippen LogP contribution in [0.5, 0.6) is 0 Å². The van der Waals surface area contributed by atoms with Gasteiger partial charge in [-0.15, -0.1) is 0 Å². The molecule has 2 N–H and O–H groups in total. The minimum Gasteiger partial charge on any atom is -0.396 e. The average molecular weight is 349 g/mol. The fourth-order valence-corrected chi connectivity index (χ4v) is 4.01. The number of morpholine rings is 1.